The second-order valence-corrected chi connectivity index (χ2v) is 7.18. The molecule has 0 N–H and O–H groups in total. The van der Waals surface area contributed by atoms with Gasteiger partial charge in [-0.25, -0.2) is 4.39 Å². The van der Waals surface area contributed by atoms with Crippen molar-refractivity contribution in [3.8, 4) is 11.1 Å². The van der Waals surface area contributed by atoms with Crippen molar-refractivity contribution < 1.29 is 18.7 Å². The zero-order chi connectivity index (χ0) is 19.2. The molecule has 144 valence electrons. The number of hydrogen-bond acceptors (Lipinski definition) is 3. The number of ether oxygens (including phenoxy) is 2. The predicted molar refractivity (Wildman–Crippen MR) is 104 cm³/mol. The predicted octanol–water partition coefficient (Wildman–Crippen LogP) is 5.02. The van der Waals surface area contributed by atoms with Gasteiger partial charge in [-0.1, -0.05) is 49.7 Å². The van der Waals surface area contributed by atoms with Crippen molar-refractivity contribution in [2.45, 2.75) is 58.3 Å². The number of hydrogen-bond donors (Lipinski definition) is 0. The molecule has 0 aromatic heterocycles. The van der Waals surface area contributed by atoms with Crippen LogP contribution in [0.1, 0.15) is 42.9 Å². The summed E-state index contributed by atoms with van der Waals surface area (Å²) in [4.78, 5) is 10.7. The van der Waals surface area contributed by atoms with Gasteiger partial charge in [0.2, 0.25) is 0 Å². The molecule has 0 aliphatic carbocycles. The molecule has 2 atom stereocenters. The Balaban J connectivity index is 1.67. The number of aldehydes is 1. The Hall–Kier alpha value is -2.04. The standard InChI is InChI=1S/C23H27FO3/c1-3-4-17-5-7-18(8-6-17)22-12-9-19(16(2)23(22)24)14-26-21-11-10-20(13-25)27-15-21/h5-9,12-13,20-21H,3-4,10-11,14-15H2,1-2H3. The first-order valence-electron chi connectivity index (χ1n) is 9.68. The van der Waals surface area contributed by atoms with Crippen LogP contribution in [-0.4, -0.2) is 25.1 Å². The van der Waals surface area contributed by atoms with Crippen molar-refractivity contribution in [1.29, 1.82) is 0 Å². The van der Waals surface area contributed by atoms with Crippen molar-refractivity contribution in [2.24, 2.45) is 0 Å². The van der Waals surface area contributed by atoms with Gasteiger partial charge in [-0.15, -0.1) is 0 Å². The Morgan fingerprint density at radius 2 is 1.96 bits per heavy atom. The van der Waals surface area contributed by atoms with Crippen molar-refractivity contribution in [3.05, 3.63) is 58.9 Å². The van der Waals surface area contributed by atoms with Crippen LogP contribution in [0.4, 0.5) is 4.39 Å². The largest absolute Gasteiger partial charge is 0.371 e. The van der Waals surface area contributed by atoms with Crippen molar-refractivity contribution in [1.82, 2.24) is 0 Å². The van der Waals surface area contributed by atoms with Gasteiger partial charge in [0.25, 0.3) is 0 Å². The molecule has 2 aromatic carbocycles. The first-order chi connectivity index (χ1) is 13.1. The molecule has 0 spiro atoms. The molecule has 2 unspecified atom stereocenters. The summed E-state index contributed by atoms with van der Waals surface area (Å²) in [6.07, 6.45) is 4.08. The number of carbonyl (C=O) groups is 1. The zero-order valence-corrected chi connectivity index (χ0v) is 16.0. The van der Waals surface area contributed by atoms with E-state index in [2.05, 4.69) is 19.1 Å². The van der Waals surface area contributed by atoms with E-state index in [-0.39, 0.29) is 18.0 Å². The molecule has 1 aliphatic heterocycles. The third-order valence-electron chi connectivity index (χ3n) is 5.20. The third kappa shape index (κ3) is 4.82. The van der Waals surface area contributed by atoms with Crippen LogP contribution in [0.2, 0.25) is 0 Å². The number of aryl methyl sites for hydroxylation is 1. The van der Waals surface area contributed by atoms with E-state index in [1.807, 2.05) is 24.3 Å². The molecule has 0 amide bonds. The highest BCUT2D eigenvalue weighted by Gasteiger charge is 2.22. The smallest absolute Gasteiger partial charge is 0.148 e. The van der Waals surface area contributed by atoms with E-state index in [0.717, 1.165) is 36.7 Å². The van der Waals surface area contributed by atoms with Crippen LogP contribution in [0.25, 0.3) is 11.1 Å². The summed E-state index contributed by atoms with van der Waals surface area (Å²) in [6.45, 7) is 4.70. The van der Waals surface area contributed by atoms with Gasteiger partial charge in [0, 0.05) is 5.56 Å². The summed E-state index contributed by atoms with van der Waals surface area (Å²) < 4.78 is 26.2. The van der Waals surface area contributed by atoms with Gasteiger partial charge in [-0.05, 0) is 48.4 Å². The lowest BCUT2D eigenvalue weighted by atomic mass is 9.97. The molecule has 3 rings (SSSR count). The van der Waals surface area contributed by atoms with E-state index in [1.54, 1.807) is 6.92 Å². The molecule has 4 heteroatoms. The number of rotatable bonds is 7. The van der Waals surface area contributed by atoms with Gasteiger partial charge in [-0.3, -0.25) is 0 Å². The molecule has 0 bridgehead atoms. The summed E-state index contributed by atoms with van der Waals surface area (Å²) in [5, 5.41) is 0. The average Bonchev–Trinajstić information content (AvgIpc) is 2.70. The zero-order valence-electron chi connectivity index (χ0n) is 16.0. The first kappa shape index (κ1) is 19.7. The Morgan fingerprint density at radius 3 is 2.59 bits per heavy atom. The normalized spacial score (nSPS) is 19.8. The molecule has 3 nitrogen and oxygen atoms in total. The van der Waals surface area contributed by atoms with E-state index >= 15 is 0 Å². The van der Waals surface area contributed by atoms with Gasteiger partial charge in [0.05, 0.1) is 19.3 Å². The third-order valence-corrected chi connectivity index (χ3v) is 5.20. The summed E-state index contributed by atoms with van der Waals surface area (Å²) in [5.74, 6) is -0.194. The number of halogens is 1. The minimum atomic E-state index is -0.313. The topological polar surface area (TPSA) is 35.5 Å². The van der Waals surface area contributed by atoms with Crippen molar-refractivity contribution >= 4 is 6.29 Å². The van der Waals surface area contributed by atoms with Crippen LogP contribution in [0, 0.1) is 12.7 Å². The lowest BCUT2D eigenvalue weighted by molar-refractivity contribution is -0.130. The number of carbonyl (C=O) groups excluding carboxylic acids is 1. The van der Waals surface area contributed by atoms with Gasteiger partial charge < -0.3 is 14.3 Å². The SMILES string of the molecule is CCCc1ccc(-c2ccc(COC3CCC(C=O)OC3)c(C)c2F)cc1. The van der Waals surface area contributed by atoms with E-state index in [1.165, 1.54) is 5.56 Å². The van der Waals surface area contributed by atoms with Gasteiger partial charge in [0.1, 0.15) is 18.2 Å². The molecule has 27 heavy (non-hydrogen) atoms. The number of benzene rings is 2. The lowest BCUT2D eigenvalue weighted by Crippen LogP contribution is -2.32. The van der Waals surface area contributed by atoms with Crippen LogP contribution < -0.4 is 0 Å². The van der Waals surface area contributed by atoms with Crippen LogP contribution in [0.3, 0.4) is 0 Å². The van der Waals surface area contributed by atoms with Crippen molar-refractivity contribution in [2.75, 3.05) is 6.61 Å². The molecule has 0 radical (unpaired) electrons. The van der Waals surface area contributed by atoms with Crippen LogP contribution in [-0.2, 0) is 27.3 Å². The summed E-state index contributed by atoms with van der Waals surface area (Å²) in [6, 6.07) is 11.9. The molecule has 1 aliphatic rings. The average molecular weight is 370 g/mol. The van der Waals surface area contributed by atoms with Gasteiger partial charge >= 0.3 is 0 Å². The molecule has 1 saturated heterocycles. The fourth-order valence-corrected chi connectivity index (χ4v) is 3.44. The minimum absolute atomic E-state index is 0.0468. The molecular weight excluding hydrogens is 343 g/mol. The van der Waals surface area contributed by atoms with E-state index in [0.29, 0.717) is 30.8 Å². The summed E-state index contributed by atoms with van der Waals surface area (Å²) in [7, 11) is 0. The summed E-state index contributed by atoms with van der Waals surface area (Å²) in [5.41, 5.74) is 4.25. The maximum atomic E-state index is 14.9. The van der Waals surface area contributed by atoms with E-state index in [4.69, 9.17) is 9.47 Å². The highest BCUT2D eigenvalue weighted by atomic mass is 19.1. The maximum Gasteiger partial charge on any atom is 0.148 e. The van der Waals surface area contributed by atoms with Crippen LogP contribution in [0.5, 0.6) is 0 Å². The van der Waals surface area contributed by atoms with E-state index in [9.17, 15) is 9.18 Å². The van der Waals surface area contributed by atoms with Gasteiger partial charge in [-0.2, -0.15) is 0 Å². The molecule has 0 saturated carbocycles. The second kappa shape index (κ2) is 9.25. The minimum Gasteiger partial charge on any atom is -0.371 e. The Bertz CT molecular complexity index is 762. The molecular formula is C23H27FO3. The lowest BCUT2D eigenvalue weighted by Gasteiger charge is -2.26. The highest BCUT2D eigenvalue weighted by molar-refractivity contribution is 5.66. The fourth-order valence-electron chi connectivity index (χ4n) is 3.44. The van der Waals surface area contributed by atoms with E-state index < -0.39 is 0 Å². The monoisotopic (exact) mass is 370 g/mol. The fraction of sp³-hybridized carbons (Fsp3) is 0.435. The first-order valence-corrected chi connectivity index (χ1v) is 9.68. The maximum absolute atomic E-state index is 14.9. The quantitative estimate of drug-likeness (QED) is 0.642. The van der Waals surface area contributed by atoms with Crippen LogP contribution >= 0.6 is 0 Å². The second-order valence-electron chi connectivity index (χ2n) is 7.18. The molecule has 1 heterocycles. The molecule has 2 aromatic rings. The Labute approximate surface area is 160 Å². The van der Waals surface area contributed by atoms with Crippen molar-refractivity contribution in [3.63, 3.8) is 0 Å². The van der Waals surface area contributed by atoms with Gasteiger partial charge in [0.15, 0.2) is 0 Å². The highest BCUT2D eigenvalue weighted by Crippen LogP contribution is 2.28. The Morgan fingerprint density at radius 1 is 1.19 bits per heavy atom. The van der Waals surface area contributed by atoms with Crippen LogP contribution in [0.15, 0.2) is 36.4 Å². The molecule has 1 fully saturated rings. The summed E-state index contributed by atoms with van der Waals surface area (Å²) >= 11 is 0. The Kier molecular flexibility index (Phi) is 6.75.